The topological polar surface area (TPSA) is 88.5 Å². The molecular formula is C11H14N2O4. The van der Waals surface area contributed by atoms with Crippen LogP contribution in [0.2, 0.25) is 0 Å². The number of carboxylic acids is 1. The first-order valence-electron chi connectivity index (χ1n) is 5.20. The van der Waals surface area contributed by atoms with Gasteiger partial charge in [-0.05, 0) is 12.5 Å². The Balaban J connectivity index is 2.61. The Morgan fingerprint density at radius 2 is 2.29 bits per heavy atom. The minimum absolute atomic E-state index is 0.00356. The van der Waals surface area contributed by atoms with Gasteiger partial charge < -0.3 is 15.2 Å². The average molecular weight is 238 g/mol. The summed E-state index contributed by atoms with van der Waals surface area (Å²) in [5.41, 5.74) is 0.175. The summed E-state index contributed by atoms with van der Waals surface area (Å²) in [7, 11) is 0. The van der Waals surface area contributed by atoms with E-state index in [1.807, 2.05) is 6.92 Å². The number of carboxylic acid groups (broad SMARTS) is 1. The number of hydrogen-bond acceptors (Lipinski definition) is 4. The van der Waals surface area contributed by atoms with Gasteiger partial charge in [0.15, 0.2) is 0 Å². The molecule has 0 radical (unpaired) electrons. The number of carbonyl (C=O) groups is 2. The summed E-state index contributed by atoms with van der Waals surface area (Å²) >= 11 is 0. The second-order valence-corrected chi connectivity index (χ2v) is 3.33. The molecule has 0 saturated carbocycles. The first-order chi connectivity index (χ1) is 8.15. The Kier molecular flexibility index (Phi) is 5.09. The number of pyridine rings is 1. The lowest BCUT2D eigenvalue weighted by Crippen LogP contribution is -2.20. The number of hydrogen-bond donors (Lipinski definition) is 2. The van der Waals surface area contributed by atoms with E-state index in [9.17, 15) is 9.59 Å². The highest BCUT2D eigenvalue weighted by Gasteiger charge is 2.11. The summed E-state index contributed by atoms with van der Waals surface area (Å²) in [5, 5.41) is 11.3. The van der Waals surface area contributed by atoms with E-state index < -0.39 is 11.9 Å². The molecule has 0 fully saturated rings. The van der Waals surface area contributed by atoms with Gasteiger partial charge in [0.1, 0.15) is 6.61 Å². The highest BCUT2D eigenvalue weighted by molar-refractivity contribution is 6.00. The molecule has 1 amide bonds. The summed E-state index contributed by atoms with van der Waals surface area (Å²) in [6.45, 7) is 2.33. The number of rotatable bonds is 6. The van der Waals surface area contributed by atoms with Gasteiger partial charge in [-0.1, -0.05) is 6.92 Å². The SMILES string of the molecule is CCCOCC(=O)Nc1cnccc1C(=O)O. The lowest BCUT2D eigenvalue weighted by molar-refractivity contribution is -0.120. The molecule has 0 saturated heterocycles. The van der Waals surface area contributed by atoms with E-state index in [1.165, 1.54) is 18.5 Å². The lowest BCUT2D eigenvalue weighted by atomic mass is 10.2. The zero-order chi connectivity index (χ0) is 12.7. The molecule has 1 aromatic heterocycles. The van der Waals surface area contributed by atoms with Crippen LogP contribution in [-0.2, 0) is 9.53 Å². The van der Waals surface area contributed by atoms with Crippen molar-refractivity contribution in [2.75, 3.05) is 18.5 Å². The zero-order valence-corrected chi connectivity index (χ0v) is 9.47. The first kappa shape index (κ1) is 13.1. The van der Waals surface area contributed by atoms with Gasteiger partial charge in [0, 0.05) is 12.8 Å². The normalized spacial score (nSPS) is 9.94. The van der Waals surface area contributed by atoms with Crippen molar-refractivity contribution in [1.29, 1.82) is 0 Å². The average Bonchev–Trinajstić information content (AvgIpc) is 2.29. The summed E-state index contributed by atoms with van der Waals surface area (Å²) in [6, 6.07) is 1.32. The zero-order valence-electron chi connectivity index (χ0n) is 9.47. The number of nitrogens with one attached hydrogen (secondary N) is 1. The maximum Gasteiger partial charge on any atom is 0.337 e. The number of nitrogens with zero attached hydrogens (tertiary/aromatic N) is 1. The monoisotopic (exact) mass is 238 g/mol. The van der Waals surface area contributed by atoms with Crippen LogP contribution in [0.1, 0.15) is 23.7 Å². The molecule has 1 rings (SSSR count). The maximum absolute atomic E-state index is 11.4. The molecular weight excluding hydrogens is 224 g/mol. The molecule has 0 unspecified atom stereocenters. The van der Waals surface area contributed by atoms with Crippen LogP contribution >= 0.6 is 0 Å². The van der Waals surface area contributed by atoms with Crippen molar-refractivity contribution < 1.29 is 19.4 Å². The number of ether oxygens (including phenoxy) is 1. The molecule has 2 N–H and O–H groups in total. The van der Waals surface area contributed by atoms with E-state index in [4.69, 9.17) is 9.84 Å². The minimum Gasteiger partial charge on any atom is -0.478 e. The van der Waals surface area contributed by atoms with Gasteiger partial charge in [0.25, 0.3) is 0 Å². The van der Waals surface area contributed by atoms with E-state index in [0.717, 1.165) is 6.42 Å². The molecule has 1 heterocycles. The Morgan fingerprint density at radius 3 is 2.94 bits per heavy atom. The standard InChI is InChI=1S/C11H14N2O4/c1-2-5-17-7-10(14)13-9-6-12-4-3-8(9)11(15)16/h3-4,6H,2,5,7H2,1H3,(H,13,14)(H,15,16). The third-order valence-electron chi connectivity index (χ3n) is 1.91. The molecule has 0 aliphatic carbocycles. The smallest absolute Gasteiger partial charge is 0.337 e. The number of aromatic carboxylic acids is 1. The number of anilines is 1. The van der Waals surface area contributed by atoms with E-state index in [2.05, 4.69) is 10.3 Å². The third-order valence-corrected chi connectivity index (χ3v) is 1.91. The van der Waals surface area contributed by atoms with Crippen LogP contribution in [-0.4, -0.2) is 35.2 Å². The van der Waals surface area contributed by atoms with Crippen molar-refractivity contribution in [2.24, 2.45) is 0 Å². The van der Waals surface area contributed by atoms with Crippen molar-refractivity contribution in [3.05, 3.63) is 24.0 Å². The minimum atomic E-state index is -1.11. The summed E-state index contributed by atoms with van der Waals surface area (Å²) in [4.78, 5) is 26.0. The quantitative estimate of drug-likeness (QED) is 0.725. The van der Waals surface area contributed by atoms with Crippen LogP contribution in [0.25, 0.3) is 0 Å². The fraction of sp³-hybridized carbons (Fsp3) is 0.364. The highest BCUT2D eigenvalue weighted by atomic mass is 16.5. The molecule has 0 spiro atoms. The summed E-state index contributed by atoms with van der Waals surface area (Å²) in [6.07, 6.45) is 3.47. The lowest BCUT2D eigenvalue weighted by Gasteiger charge is -2.07. The Morgan fingerprint density at radius 1 is 1.53 bits per heavy atom. The molecule has 17 heavy (non-hydrogen) atoms. The Bertz CT molecular complexity index is 406. The molecule has 0 aromatic carbocycles. The van der Waals surface area contributed by atoms with Gasteiger partial charge in [-0.25, -0.2) is 4.79 Å². The van der Waals surface area contributed by atoms with Crippen LogP contribution in [0.4, 0.5) is 5.69 Å². The number of carbonyl (C=O) groups excluding carboxylic acids is 1. The van der Waals surface area contributed by atoms with Crippen molar-refractivity contribution in [3.8, 4) is 0 Å². The van der Waals surface area contributed by atoms with Gasteiger partial charge in [-0.2, -0.15) is 0 Å². The van der Waals surface area contributed by atoms with Crippen LogP contribution in [0.5, 0.6) is 0 Å². The van der Waals surface area contributed by atoms with E-state index in [-0.39, 0.29) is 17.9 Å². The molecule has 92 valence electrons. The maximum atomic E-state index is 11.4. The third kappa shape index (κ3) is 4.20. The fourth-order valence-corrected chi connectivity index (χ4v) is 1.18. The van der Waals surface area contributed by atoms with Gasteiger partial charge in [0.05, 0.1) is 17.4 Å². The number of aromatic nitrogens is 1. The van der Waals surface area contributed by atoms with Crippen LogP contribution in [0.3, 0.4) is 0 Å². The largest absolute Gasteiger partial charge is 0.478 e. The van der Waals surface area contributed by atoms with Crippen molar-refractivity contribution in [1.82, 2.24) is 4.98 Å². The molecule has 6 nitrogen and oxygen atoms in total. The molecule has 1 aromatic rings. The van der Waals surface area contributed by atoms with E-state index in [1.54, 1.807) is 0 Å². The summed E-state index contributed by atoms with van der Waals surface area (Å²) in [5.74, 6) is -1.51. The van der Waals surface area contributed by atoms with Crippen LogP contribution in [0.15, 0.2) is 18.5 Å². The molecule has 0 aliphatic rings. The van der Waals surface area contributed by atoms with Crippen molar-refractivity contribution in [3.63, 3.8) is 0 Å². The molecule has 0 aliphatic heterocycles. The Labute approximate surface area is 98.6 Å². The Hall–Kier alpha value is -1.95. The number of amides is 1. The first-order valence-corrected chi connectivity index (χ1v) is 5.20. The van der Waals surface area contributed by atoms with Gasteiger partial charge in [-0.15, -0.1) is 0 Å². The van der Waals surface area contributed by atoms with E-state index in [0.29, 0.717) is 6.61 Å². The predicted molar refractivity (Wildman–Crippen MR) is 60.9 cm³/mol. The second kappa shape index (κ2) is 6.59. The van der Waals surface area contributed by atoms with Gasteiger partial charge in [0.2, 0.25) is 5.91 Å². The summed E-state index contributed by atoms with van der Waals surface area (Å²) < 4.78 is 5.04. The van der Waals surface area contributed by atoms with Crippen molar-refractivity contribution >= 4 is 17.6 Å². The van der Waals surface area contributed by atoms with Gasteiger partial charge >= 0.3 is 5.97 Å². The highest BCUT2D eigenvalue weighted by Crippen LogP contribution is 2.12. The van der Waals surface area contributed by atoms with E-state index >= 15 is 0 Å². The second-order valence-electron chi connectivity index (χ2n) is 3.33. The molecule has 0 atom stereocenters. The predicted octanol–water partition coefficient (Wildman–Crippen LogP) is 1.14. The molecule has 0 bridgehead atoms. The molecule has 6 heteroatoms. The van der Waals surface area contributed by atoms with Crippen LogP contribution in [0, 0.1) is 0 Å². The fourth-order valence-electron chi connectivity index (χ4n) is 1.18. The van der Waals surface area contributed by atoms with Crippen LogP contribution < -0.4 is 5.32 Å². The van der Waals surface area contributed by atoms with Gasteiger partial charge in [-0.3, -0.25) is 9.78 Å². The van der Waals surface area contributed by atoms with Crippen molar-refractivity contribution in [2.45, 2.75) is 13.3 Å².